The fourth-order valence-electron chi connectivity index (χ4n) is 8.24. The van der Waals surface area contributed by atoms with Crippen LogP contribution in [-0.4, -0.2) is 57.4 Å². The van der Waals surface area contributed by atoms with E-state index in [-0.39, 0.29) is 34.9 Å². The van der Waals surface area contributed by atoms with E-state index in [0.29, 0.717) is 38.1 Å². The van der Waals surface area contributed by atoms with Crippen LogP contribution in [0.4, 0.5) is 0 Å². The standard InChI is InChI=1S/C37H44N2O4Si/c1-36(2,3)44(29-16-10-6-11-17-29,30-18-12-7-13-19-30)43-26-28-24-37-32(31(34(40)42-4)20-21-33(37)38-28)22-23-39(35(37)41)25-27-14-8-5-9-15-27/h5-20,28,32-33,38H,21-26H2,1-4H3/t28-,32+,33+,37+/m1/s1. The third kappa shape index (κ3) is 5.15. The fourth-order valence-corrected chi connectivity index (χ4v) is 12.8. The Morgan fingerprint density at radius 2 is 1.55 bits per heavy atom. The van der Waals surface area contributed by atoms with Crippen LogP contribution in [0.2, 0.25) is 5.04 Å². The number of piperidine rings is 1. The van der Waals surface area contributed by atoms with Gasteiger partial charge in [-0.05, 0) is 40.2 Å². The maximum Gasteiger partial charge on any atom is 0.333 e. The Hall–Kier alpha value is -3.52. The Morgan fingerprint density at radius 3 is 2.11 bits per heavy atom. The number of likely N-dealkylation sites (tertiary alicyclic amines) is 1. The number of methoxy groups -OCH3 is 1. The number of rotatable bonds is 8. The van der Waals surface area contributed by atoms with Gasteiger partial charge in [-0.1, -0.05) is 118 Å². The zero-order valence-corrected chi connectivity index (χ0v) is 27.3. The van der Waals surface area contributed by atoms with E-state index < -0.39 is 13.7 Å². The number of hydrogen-bond acceptors (Lipinski definition) is 5. The number of benzene rings is 3. The van der Waals surface area contributed by atoms with E-state index in [1.54, 1.807) is 0 Å². The minimum Gasteiger partial charge on any atom is -0.466 e. The highest BCUT2D eigenvalue weighted by atomic mass is 28.4. The van der Waals surface area contributed by atoms with E-state index in [0.717, 1.165) is 12.0 Å². The topological polar surface area (TPSA) is 67.9 Å². The molecule has 1 spiro atoms. The Balaban J connectivity index is 1.34. The molecule has 2 heterocycles. The molecule has 2 fully saturated rings. The van der Waals surface area contributed by atoms with Gasteiger partial charge in [0.2, 0.25) is 5.91 Å². The lowest BCUT2D eigenvalue weighted by atomic mass is 9.59. The van der Waals surface area contributed by atoms with Crippen molar-refractivity contribution >= 4 is 30.6 Å². The highest BCUT2D eigenvalue weighted by molar-refractivity contribution is 6.99. The molecule has 3 aromatic carbocycles. The predicted molar refractivity (Wildman–Crippen MR) is 176 cm³/mol. The van der Waals surface area contributed by atoms with Crippen LogP contribution in [0.15, 0.2) is 103 Å². The van der Waals surface area contributed by atoms with Crippen molar-refractivity contribution in [3.8, 4) is 0 Å². The maximum absolute atomic E-state index is 14.6. The van der Waals surface area contributed by atoms with Gasteiger partial charge in [-0.3, -0.25) is 4.79 Å². The third-order valence-electron chi connectivity index (χ3n) is 10.1. The van der Waals surface area contributed by atoms with Gasteiger partial charge in [0, 0.05) is 36.7 Å². The number of hydrogen-bond donors (Lipinski definition) is 1. The van der Waals surface area contributed by atoms with Gasteiger partial charge < -0.3 is 19.4 Å². The number of esters is 1. The number of carbonyl (C=O) groups excluding carboxylic acids is 2. The third-order valence-corrected chi connectivity index (χ3v) is 15.1. The van der Waals surface area contributed by atoms with Gasteiger partial charge in [0.1, 0.15) is 0 Å². The molecule has 0 unspecified atom stereocenters. The monoisotopic (exact) mass is 608 g/mol. The largest absolute Gasteiger partial charge is 0.466 e. The number of amides is 1. The molecule has 0 radical (unpaired) electrons. The molecular weight excluding hydrogens is 565 g/mol. The van der Waals surface area contributed by atoms with Crippen LogP contribution < -0.4 is 15.7 Å². The molecule has 44 heavy (non-hydrogen) atoms. The molecule has 7 heteroatoms. The molecule has 2 saturated heterocycles. The van der Waals surface area contributed by atoms with Gasteiger partial charge >= 0.3 is 5.97 Å². The predicted octanol–water partition coefficient (Wildman–Crippen LogP) is 4.83. The quantitative estimate of drug-likeness (QED) is 0.293. The summed E-state index contributed by atoms with van der Waals surface area (Å²) in [5, 5.41) is 6.19. The van der Waals surface area contributed by atoms with E-state index >= 15 is 0 Å². The summed E-state index contributed by atoms with van der Waals surface area (Å²) in [6.45, 7) is 8.53. The molecule has 1 aliphatic carbocycles. The van der Waals surface area contributed by atoms with Crippen LogP contribution in [0.5, 0.6) is 0 Å². The van der Waals surface area contributed by atoms with Gasteiger partial charge in [0.25, 0.3) is 8.32 Å². The van der Waals surface area contributed by atoms with Crippen molar-refractivity contribution in [1.82, 2.24) is 10.2 Å². The van der Waals surface area contributed by atoms with E-state index in [4.69, 9.17) is 9.16 Å². The van der Waals surface area contributed by atoms with Gasteiger partial charge in [0.15, 0.2) is 0 Å². The zero-order valence-electron chi connectivity index (χ0n) is 26.3. The minimum atomic E-state index is -2.75. The van der Waals surface area contributed by atoms with Crippen LogP contribution in [0.3, 0.4) is 0 Å². The molecule has 0 bridgehead atoms. The number of ether oxygens (including phenoxy) is 1. The molecule has 0 saturated carbocycles. The molecule has 6 rings (SSSR count). The van der Waals surface area contributed by atoms with E-state index in [1.165, 1.54) is 17.5 Å². The Morgan fingerprint density at radius 1 is 0.955 bits per heavy atom. The van der Waals surface area contributed by atoms with Crippen molar-refractivity contribution in [3.63, 3.8) is 0 Å². The van der Waals surface area contributed by atoms with Crippen molar-refractivity contribution < 1.29 is 18.8 Å². The van der Waals surface area contributed by atoms with E-state index in [1.807, 2.05) is 29.2 Å². The second-order valence-corrected chi connectivity index (χ2v) is 17.9. The molecule has 6 nitrogen and oxygen atoms in total. The first kappa shape index (κ1) is 30.5. The average molecular weight is 609 g/mol. The Bertz CT molecular complexity index is 1470. The first-order chi connectivity index (χ1) is 21.2. The average Bonchev–Trinajstić information content (AvgIpc) is 3.42. The normalized spacial score (nSPS) is 25.2. The van der Waals surface area contributed by atoms with Gasteiger partial charge in [-0.2, -0.15) is 0 Å². The lowest BCUT2D eigenvalue weighted by molar-refractivity contribution is -0.154. The first-order valence-corrected chi connectivity index (χ1v) is 17.7. The lowest BCUT2D eigenvalue weighted by Crippen LogP contribution is -2.67. The van der Waals surface area contributed by atoms with Crippen molar-refractivity contribution in [2.45, 2.75) is 63.7 Å². The highest BCUT2D eigenvalue weighted by Gasteiger charge is 2.63. The molecule has 0 aromatic heterocycles. The Labute approximate surface area is 262 Å². The molecule has 2 aliphatic heterocycles. The molecular formula is C37H44N2O4Si. The van der Waals surface area contributed by atoms with Crippen LogP contribution in [0.25, 0.3) is 0 Å². The summed E-state index contributed by atoms with van der Waals surface area (Å²) in [7, 11) is -1.32. The summed E-state index contributed by atoms with van der Waals surface area (Å²) in [5.41, 5.74) is 1.06. The second kappa shape index (κ2) is 12.1. The number of nitrogens with one attached hydrogen (secondary N) is 1. The molecule has 4 atom stereocenters. The minimum absolute atomic E-state index is 0.0322. The van der Waals surface area contributed by atoms with Crippen molar-refractivity contribution in [1.29, 1.82) is 0 Å². The van der Waals surface area contributed by atoms with Crippen molar-refractivity contribution in [2.75, 3.05) is 20.3 Å². The van der Waals surface area contributed by atoms with Crippen LogP contribution in [0, 0.1) is 11.3 Å². The lowest BCUT2D eigenvalue weighted by Gasteiger charge is -2.50. The van der Waals surface area contributed by atoms with Crippen molar-refractivity contribution in [2.24, 2.45) is 11.3 Å². The summed E-state index contributed by atoms with van der Waals surface area (Å²) < 4.78 is 12.6. The molecule has 1 amide bonds. The number of nitrogens with zero attached hydrogens (tertiary/aromatic N) is 1. The smallest absolute Gasteiger partial charge is 0.333 e. The summed E-state index contributed by atoms with van der Waals surface area (Å²) in [6, 6.07) is 31.4. The molecule has 1 N–H and O–H groups in total. The fraction of sp³-hybridized carbons (Fsp3) is 0.405. The van der Waals surface area contributed by atoms with Crippen LogP contribution in [-0.2, 0) is 25.3 Å². The van der Waals surface area contributed by atoms with Gasteiger partial charge in [0.05, 0.1) is 19.1 Å². The first-order valence-electron chi connectivity index (χ1n) is 15.8. The van der Waals surface area contributed by atoms with E-state index in [9.17, 15) is 9.59 Å². The highest BCUT2D eigenvalue weighted by Crippen LogP contribution is 2.54. The Kier molecular flexibility index (Phi) is 8.39. The summed E-state index contributed by atoms with van der Waals surface area (Å²) in [5.74, 6) is -0.361. The van der Waals surface area contributed by atoms with Gasteiger partial charge in [-0.15, -0.1) is 0 Å². The van der Waals surface area contributed by atoms with Crippen LogP contribution in [0.1, 0.15) is 45.6 Å². The molecule has 3 aliphatic rings. The summed E-state index contributed by atoms with van der Waals surface area (Å²) in [6.07, 6.45) is 3.98. The SMILES string of the molecule is COC(=O)C1=CC[C@@H]2N[C@@H](CO[Si](c3ccccc3)(c3ccccc3)C(C)(C)C)C[C@@]23C(=O)N(Cc2ccccc2)CC[C@@H]13. The summed E-state index contributed by atoms with van der Waals surface area (Å²) in [4.78, 5) is 29.6. The van der Waals surface area contributed by atoms with E-state index in [2.05, 4.69) is 98.9 Å². The summed E-state index contributed by atoms with van der Waals surface area (Å²) >= 11 is 0. The van der Waals surface area contributed by atoms with Crippen LogP contribution >= 0.6 is 0 Å². The zero-order chi connectivity index (χ0) is 31.0. The maximum atomic E-state index is 14.6. The van der Waals surface area contributed by atoms with Crippen molar-refractivity contribution in [3.05, 3.63) is 108 Å². The molecule has 230 valence electrons. The van der Waals surface area contributed by atoms with Gasteiger partial charge in [-0.25, -0.2) is 4.79 Å². The second-order valence-electron chi connectivity index (χ2n) is 13.6. The number of carbonyl (C=O) groups is 2. The molecule has 3 aromatic rings.